The van der Waals surface area contributed by atoms with Gasteiger partial charge in [-0.3, -0.25) is 4.79 Å². The van der Waals surface area contributed by atoms with Crippen molar-refractivity contribution in [2.45, 2.75) is 38.8 Å². The molecule has 5 nitrogen and oxygen atoms in total. The summed E-state index contributed by atoms with van der Waals surface area (Å²) < 4.78 is 0. The van der Waals surface area contributed by atoms with Gasteiger partial charge in [0.05, 0.1) is 10.6 Å². The molecule has 0 bridgehead atoms. The summed E-state index contributed by atoms with van der Waals surface area (Å²) in [5, 5.41) is 8.63. The molecule has 3 N–H and O–H groups in total. The van der Waals surface area contributed by atoms with Gasteiger partial charge in [-0.05, 0) is 44.9 Å². The highest BCUT2D eigenvalue weighted by atomic mass is 35.5. The van der Waals surface area contributed by atoms with Gasteiger partial charge in [-0.2, -0.15) is 0 Å². The maximum absolute atomic E-state index is 12.0. The van der Waals surface area contributed by atoms with Crippen LogP contribution in [0.1, 0.15) is 37.0 Å². The maximum Gasteiger partial charge on any atom is 0.319 e. The predicted octanol–water partition coefficient (Wildman–Crippen LogP) is 2.76. The van der Waals surface area contributed by atoms with Crippen LogP contribution in [0, 0.1) is 0 Å². The highest BCUT2D eigenvalue weighted by Crippen LogP contribution is 2.23. The molecule has 6 heteroatoms. The van der Waals surface area contributed by atoms with Gasteiger partial charge in [0, 0.05) is 17.8 Å². The van der Waals surface area contributed by atoms with E-state index in [-0.39, 0.29) is 24.0 Å². The van der Waals surface area contributed by atoms with E-state index in [1.165, 1.54) is 0 Å². The number of nitrogens with one attached hydrogen (secondary N) is 3. The van der Waals surface area contributed by atoms with Crippen LogP contribution in [-0.4, -0.2) is 24.0 Å². The van der Waals surface area contributed by atoms with Gasteiger partial charge in [0.15, 0.2) is 0 Å². The maximum atomic E-state index is 12.0. The normalized spacial score (nSPS) is 14.0. The third-order valence-corrected chi connectivity index (χ3v) is 3.13. The molecule has 0 unspecified atom stereocenters. The van der Waals surface area contributed by atoms with Crippen molar-refractivity contribution in [1.82, 2.24) is 10.6 Å². The van der Waals surface area contributed by atoms with Crippen LogP contribution in [-0.2, 0) is 0 Å². The van der Waals surface area contributed by atoms with E-state index in [4.69, 9.17) is 11.6 Å². The Morgan fingerprint density at radius 3 is 2.60 bits per heavy atom. The van der Waals surface area contributed by atoms with Crippen LogP contribution < -0.4 is 16.0 Å². The number of carbonyl (C=O) groups excluding carboxylic acids is 2. The van der Waals surface area contributed by atoms with Crippen LogP contribution in [0.25, 0.3) is 0 Å². The van der Waals surface area contributed by atoms with Gasteiger partial charge in [0.1, 0.15) is 0 Å². The second-order valence-corrected chi connectivity index (χ2v) is 5.60. The molecule has 3 amide bonds. The van der Waals surface area contributed by atoms with Crippen molar-refractivity contribution >= 4 is 29.2 Å². The summed E-state index contributed by atoms with van der Waals surface area (Å²) in [6, 6.07) is 4.85. The van der Waals surface area contributed by atoms with Crippen molar-refractivity contribution in [3.05, 3.63) is 28.8 Å². The molecular formula is C14H18ClN3O2. The molecule has 2 rings (SSSR count). The molecule has 0 atom stereocenters. The van der Waals surface area contributed by atoms with Gasteiger partial charge < -0.3 is 16.0 Å². The Balaban J connectivity index is 2.07. The van der Waals surface area contributed by atoms with Gasteiger partial charge in [0.2, 0.25) is 0 Å². The molecule has 1 fully saturated rings. The van der Waals surface area contributed by atoms with E-state index in [1.54, 1.807) is 18.2 Å². The zero-order valence-corrected chi connectivity index (χ0v) is 12.3. The van der Waals surface area contributed by atoms with Crippen LogP contribution in [0.5, 0.6) is 0 Å². The minimum absolute atomic E-state index is 0.0416. The summed E-state index contributed by atoms with van der Waals surface area (Å²) in [5.41, 5.74) is 0.911. The lowest BCUT2D eigenvalue weighted by atomic mass is 10.2. The van der Waals surface area contributed by atoms with E-state index in [1.807, 2.05) is 13.8 Å². The van der Waals surface area contributed by atoms with Crippen LogP contribution in [0.2, 0.25) is 5.02 Å². The first-order valence-electron chi connectivity index (χ1n) is 6.63. The second kappa shape index (κ2) is 6.13. The van der Waals surface area contributed by atoms with Crippen molar-refractivity contribution in [2.75, 3.05) is 5.32 Å². The van der Waals surface area contributed by atoms with E-state index in [9.17, 15) is 9.59 Å². The number of carbonyl (C=O) groups is 2. The Morgan fingerprint density at radius 2 is 2.00 bits per heavy atom. The molecule has 1 aliphatic carbocycles. The van der Waals surface area contributed by atoms with Crippen molar-refractivity contribution in [3.63, 3.8) is 0 Å². The minimum atomic E-state index is -0.309. The minimum Gasteiger partial charge on any atom is -0.349 e. The van der Waals surface area contributed by atoms with Gasteiger partial charge in [0.25, 0.3) is 5.91 Å². The first kappa shape index (κ1) is 14.7. The Morgan fingerprint density at radius 1 is 1.30 bits per heavy atom. The van der Waals surface area contributed by atoms with Crippen molar-refractivity contribution in [1.29, 1.82) is 0 Å². The Kier molecular flexibility index (Phi) is 4.49. The number of benzene rings is 1. The summed E-state index contributed by atoms with van der Waals surface area (Å²) in [6.07, 6.45) is 2.02. The molecule has 0 aliphatic heterocycles. The van der Waals surface area contributed by atoms with Gasteiger partial charge in [-0.15, -0.1) is 0 Å². The molecule has 0 heterocycles. The molecule has 0 radical (unpaired) electrons. The smallest absolute Gasteiger partial charge is 0.319 e. The highest BCUT2D eigenvalue weighted by Gasteiger charge is 2.24. The summed E-state index contributed by atoms with van der Waals surface area (Å²) in [4.78, 5) is 23.6. The molecular weight excluding hydrogens is 278 g/mol. The number of halogens is 1. The lowest BCUT2D eigenvalue weighted by Crippen LogP contribution is -2.34. The van der Waals surface area contributed by atoms with Crippen molar-refractivity contribution in [3.8, 4) is 0 Å². The van der Waals surface area contributed by atoms with E-state index in [0.29, 0.717) is 16.3 Å². The standard InChI is InChI=1S/C14H18ClN3O2/c1-8(2)16-14(20)18-10-5-6-12(15)11(7-10)13(19)17-9-3-4-9/h5-9H,3-4H2,1-2H3,(H,17,19)(H2,16,18,20). The molecule has 0 spiro atoms. The number of hydrogen-bond donors (Lipinski definition) is 3. The molecule has 0 aromatic heterocycles. The number of hydrogen-bond acceptors (Lipinski definition) is 2. The molecule has 1 aromatic rings. The first-order valence-corrected chi connectivity index (χ1v) is 7.01. The summed E-state index contributed by atoms with van der Waals surface area (Å²) in [7, 11) is 0. The van der Waals surface area contributed by atoms with Crippen LogP contribution in [0.15, 0.2) is 18.2 Å². The molecule has 1 saturated carbocycles. The molecule has 20 heavy (non-hydrogen) atoms. The third kappa shape index (κ3) is 4.13. The van der Waals surface area contributed by atoms with Crippen LogP contribution >= 0.6 is 11.6 Å². The summed E-state index contributed by atoms with van der Waals surface area (Å²) in [5.74, 6) is -0.203. The number of rotatable bonds is 4. The quantitative estimate of drug-likeness (QED) is 0.799. The average Bonchev–Trinajstić information content (AvgIpc) is 3.14. The van der Waals surface area contributed by atoms with E-state index in [0.717, 1.165) is 12.8 Å². The average molecular weight is 296 g/mol. The first-order chi connectivity index (χ1) is 9.45. The molecule has 1 aliphatic rings. The predicted molar refractivity (Wildman–Crippen MR) is 79.2 cm³/mol. The fraction of sp³-hybridized carbons (Fsp3) is 0.429. The van der Waals surface area contributed by atoms with Gasteiger partial charge >= 0.3 is 6.03 Å². The van der Waals surface area contributed by atoms with Gasteiger partial charge in [-0.1, -0.05) is 11.6 Å². The van der Waals surface area contributed by atoms with Crippen LogP contribution in [0.3, 0.4) is 0 Å². The van der Waals surface area contributed by atoms with Crippen LogP contribution in [0.4, 0.5) is 10.5 Å². The van der Waals surface area contributed by atoms with E-state index < -0.39 is 0 Å². The zero-order valence-electron chi connectivity index (χ0n) is 11.5. The monoisotopic (exact) mass is 295 g/mol. The van der Waals surface area contributed by atoms with Crippen molar-refractivity contribution in [2.24, 2.45) is 0 Å². The Hall–Kier alpha value is -1.75. The summed E-state index contributed by atoms with van der Waals surface area (Å²) in [6.45, 7) is 3.74. The second-order valence-electron chi connectivity index (χ2n) is 5.20. The topological polar surface area (TPSA) is 70.2 Å². The fourth-order valence-corrected chi connectivity index (χ4v) is 1.90. The molecule has 108 valence electrons. The number of anilines is 1. The Bertz CT molecular complexity index is 527. The fourth-order valence-electron chi connectivity index (χ4n) is 1.70. The molecule has 1 aromatic carbocycles. The number of amides is 3. The number of urea groups is 1. The van der Waals surface area contributed by atoms with E-state index >= 15 is 0 Å². The highest BCUT2D eigenvalue weighted by molar-refractivity contribution is 6.34. The molecule has 0 saturated heterocycles. The largest absolute Gasteiger partial charge is 0.349 e. The van der Waals surface area contributed by atoms with E-state index in [2.05, 4.69) is 16.0 Å². The van der Waals surface area contributed by atoms with Gasteiger partial charge in [-0.25, -0.2) is 4.79 Å². The zero-order chi connectivity index (χ0) is 14.7. The third-order valence-electron chi connectivity index (χ3n) is 2.80. The lowest BCUT2D eigenvalue weighted by Gasteiger charge is -2.12. The van der Waals surface area contributed by atoms with Crippen molar-refractivity contribution < 1.29 is 9.59 Å². The SMILES string of the molecule is CC(C)NC(=O)Nc1ccc(Cl)c(C(=O)NC2CC2)c1. The summed E-state index contributed by atoms with van der Waals surface area (Å²) >= 11 is 6.03. The lowest BCUT2D eigenvalue weighted by molar-refractivity contribution is 0.0951. The Labute approximate surface area is 123 Å².